The molecule has 0 spiro atoms. The lowest BCUT2D eigenvalue weighted by atomic mass is 10.1. The Balaban J connectivity index is 1.41. The van der Waals surface area contributed by atoms with E-state index in [0.717, 1.165) is 11.1 Å². The van der Waals surface area contributed by atoms with Gasteiger partial charge in [0.1, 0.15) is 0 Å². The first-order chi connectivity index (χ1) is 14.1. The zero-order valence-electron chi connectivity index (χ0n) is 15.8. The number of benzene rings is 2. The van der Waals surface area contributed by atoms with E-state index in [-0.39, 0.29) is 17.6 Å². The van der Waals surface area contributed by atoms with Gasteiger partial charge in [0.2, 0.25) is 16.9 Å². The zero-order valence-corrected chi connectivity index (χ0v) is 17.4. The van der Waals surface area contributed by atoms with Gasteiger partial charge in [-0.1, -0.05) is 83.3 Å². The summed E-state index contributed by atoms with van der Waals surface area (Å²) in [5.74, 6) is -0.123. The van der Waals surface area contributed by atoms with Gasteiger partial charge in [0.25, 0.3) is 0 Å². The number of aryl methyl sites for hydroxylation is 1. The van der Waals surface area contributed by atoms with E-state index in [2.05, 4.69) is 20.8 Å². The van der Waals surface area contributed by atoms with Crippen molar-refractivity contribution in [3.63, 3.8) is 0 Å². The summed E-state index contributed by atoms with van der Waals surface area (Å²) in [6.45, 7) is 2.52. The van der Waals surface area contributed by atoms with Crippen molar-refractivity contribution >= 4 is 46.1 Å². The Morgan fingerprint density at radius 3 is 2.59 bits per heavy atom. The molecule has 1 heterocycles. The fourth-order valence-electron chi connectivity index (χ4n) is 2.29. The fourth-order valence-corrected chi connectivity index (χ4v) is 3.87. The molecule has 0 fully saturated rings. The number of carbonyl (C=O) groups is 2. The van der Waals surface area contributed by atoms with Crippen LogP contribution in [0.25, 0.3) is 6.08 Å². The molecule has 3 aromatic rings. The summed E-state index contributed by atoms with van der Waals surface area (Å²) in [6.07, 6.45) is 3.17. The molecule has 148 valence electrons. The number of anilines is 1. The highest BCUT2D eigenvalue weighted by Crippen LogP contribution is 2.25. The first-order valence-electron chi connectivity index (χ1n) is 8.91. The number of rotatable bonds is 8. The number of nitrogens with zero attached hydrogens (tertiary/aromatic N) is 2. The van der Waals surface area contributed by atoms with E-state index >= 15 is 0 Å². The summed E-state index contributed by atoms with van der Waals surface area (Å²) in [6, 6.07) is 17.6. The summed E-state index contributed by atoms with van der Waals surface area (Å²) >= 11 is 2.52. The van der Waals surface area contributed by atoms with Crippen LogP contribution in [0.5, 0.6) is 0 Å². The van der Waals surface area contributed by atoms with Crippen molar-refractivity contribution in [2.24, 2.45) is 0 Å². The van der Waals surface area contributed by atoms with Crippen LogP contribution in [0.15, 0.2) is 65.0 Å². The van der Waals surface area contributed by atoms with Gasteiger partial charge in [-0.3, -0.25) is 14.9 Å². The quantitative estimate of drug-likeness (QED) is 0.325. The summed E-state index contributed by atoms with van der Waals surface area (Å²) < 4.78 is 0.623. The Morgan fingerprint density at radius 1 is 1.07 bits per heavy atom. The van der Waals surface area contributed by atoms with E-state index in [9.17, 15) is 9.59 Å². The minimum Gasteiger partial charge on any atom is -0.351 e. The van der Waals surface area contributed by atoms with Gasteiger partial charge in [-0.15, -0.1) is 10.2 Å². The molecule has 2 amide bonds. The maximum Gasteiger partial charge on any atom is 0.250 e. The van der Waals surface area contributed by atoms with Crippen molar-refractivity contribution in [1.29, 1.82) is 0 Å². The molecule has 0 saturated carbocycles. The van der Waals surface area contributed by atoms with E-state index < -0.39 is 0 Å². The smallest absolute Gasteiger partial charge is 0.250 e. The predicted molar refractivity (Wildman–Crippen MR) is 118 cm³/mol. The normalized spacial score (nSPS) is 10.8. The molecule has 3 rings (SSSR count). The Labute approximate surface area is 177 Å². The Kier molecular flexibility index (Phi) is 7.54. The van der Waals surface area contributed by atoms with Gasteiger partial charge >= 0.3 is 0 Å². The first-order valence-corrected chi connectivity index (χ1v) is 10.7. The van der Waals surface area contributed by atoms with Crippen LogP contribution in [0, 0.1) is 6.92 Å². The topological polar surface area (TPSA) is 84.0 Å². The fraction of sp³-hybridized carbons (Fsp3) is 0.143. The van der Waals surface area contributed by atoms with E-state index in [1.54, 1.807) is 6.08 Å². The average molecular weight is 425 g/mol. The van der Waals surface area contributed by atoms with E-state index in [1.807, 2.05) is 61.5 Å². The maximum atomic E-state index is 12.0. The predicted octanol–water partition coefficient (Wildman–Crippen LogP) is 3.91. The number of thioether (sulfide) groups is 1. The van der Waals surface area contributed by atoms with Gasteiger partial charge in [0.05, 0.1) is 5.75 Å². The van der Waals surface area contributed by atoms with Gasteiger partial charge in [-0.2, -0.15) is 0 Å². The number of hydrogen-bond donors (Lipinski definition) is 2. The molecule has 2 aromatic carbocycles. The number of carbonyl (C=O) groups excluding carboxylic acids is 2. The number of hydrogen-bond acceptors (Lipinski definition) is 6. The van der Waals surface area contributed by atoms with Crippen LogP contribution in [-0.4, -0.2) is 27.8 Å². The summed E-state index contributed by atoms with van der Waals surface area (Å²) in [4.78, 5) is 24.0. The van der Waals surface area contributed by atoms with E-state index in [1.165, 1.54) is 34.7 Å². The standard InChI is InChI=1S/C21H20N4O2S2/c1-15-7-9-17(10-8-15)13-22-19(27)14-28-21-25-24-20(29-21)23-18(26)12-11-16-5-3-2-4-6-16/h2-12H,13-14H2,1H3,(H,22,27)(H,23,24,26). The van der Waals surface area contributed by atoms with Gasteiger partial charge in [0.15, 0.2) is 4.34 Å². The van der Waals surface area contributed by atoms with Crippen molar-refractivity contribution in [1.82, 2.24) is 15.5 Å². The highest BCUT2D eigenvalue weighted by Gasteiger charge is 2.09. The minimum atomic E-state index is -0.280. The highest BCUT2D eigenvalue weighted by molar-refractivity contribution is 8.01. The maximum absolute atomic E-state index is 12.0. The van der Waals surface area contributed by atoms with Gasteiger partial charge in [-0.05, 0) is 24.1 Å². The lowest BCUT2D eigenvalue weighted by Crippen LogP contribution is -2.24. The van der Waals surface area contributed by atoms with Crippen LogP contribution < -0.4 is 10.6 Å². The molecule has 0 saturated heterocycles. The third kappa shape index (κ3) is 7.17. The second-order valence-electron chi connectivity index (χ2n) is 6.16. The van der Waals surface area contributed by atoms with Crippen LogP contribution >= 0.6 is 23.1 Å². The number of nitrogens with one attached hydrogen (secondary N) is 2. The Bertz CT molecular complexity index is 985. The third-order valence-electron chi connectivity index (χ3n) is 3.80. The Hall–Kier alpha value is -2.97. The molecular weight excluding hydrogens is 404 g/mol. The molecule has 29 heavy (non-hydrogen) atoms. The van der Waals surface area contributed by atoms with Crippen molar-refractivity contribution in [2.45, 2.75) is 17.8 Å². The number of amides is 2. The van der Waals surface area contributed by atoms with Crippen LogP contribution in [0.1, 0.15) is 16.7 Å². The molecule has 0 unspecified atom stereocenters. The minimum absolute atomic E-state index is 0.0813. The summed E-state index contributed by atoms with van der Waals surface area (Å²) in [7, 11) is 0. The van der Waals surface area contributed by atoms with Crippen molar-refractivity contribution in [3.8, 4) is 0 Å². The summed E-state index contributed by atoms with van der Waals surface area (Å²) in [5, 5.41) is 13.9. The molecule has 6 nitrogen and oxygen atoms in total. The van der Waals surface area contributed by atoms with Crippen molar-refractivity contribution in [3.05, 3.63) is 77.4 Å². The molecule has 0 atom stereocenters. The molecule has 0 radical (unpaired) electrons. The van der Waals surface area contributed by atoms with Gasteiger partial charge in [-0.25, -0.2) is 0 Å². The second kappa shape index (κ2) is 10.5. The molecule has 0 aliphatic carbocycles. The van der Waals surface area contributed by atoms with Crippen LogP contribution in [0.3, 0.4) is 0 Å². The molecule has 0 aliphatic heterocycles. The van der Waals surface area contributed by atoms with E-state index in [4.69, 9.17) is 0 Å². The lowest BCUT2D eigenvalue weighted by Gasteiger charge is -2.04. The van der Waals surface area contributed by atoms with Crippen molar-refractivity contribution < 1.29 is 9.59 Å². The van der Waals surface area contributed by atoms with Crippen LogP contribution in [0.2, 0.25) is 0 Å². The monoisotopic (exact) mass is 424 g/mol. The second-order valence-corrected chi connectivity index (χ2v) is 8.36. The average Bonchev–Trinajstić information content (AvgIpc) is 3.18. The largest absolute Gasteiger partial charge is 0.351 e. The lowest BCUT2D eigenvalue weighted by molar-refractivity contribution is -0.118. The Morgan fingerprint density at radius 2 is 1.83 bits per heavy atom. The molecule has 2 N–H and O–H groups in total. The molecule has 1 aromatic heterocycles. The first kappa shape index (κ1) is 20.8. The van der Waals surface area contributed by atoms with E-state index in [0.29, 0.717) is 16.0 Å². The number of aromatic nitrogens is 2. The van der Waals surface area contributed by atoms with Crippen LogP contribution in [0.4, 0.5) is 5.13 Å². The molecule has 0 aliphatic rings. The molecule has 8 heteroatoms. The van der Waals surface area contributed by atoms with Crippen molar-refractivity contribution in [2.75, 3.05) is 11.1 Å². The van der Waals surface area contributed by atoms with Gasteiger partial charge < -0.3 is 5.32 Å². The SMILES string of the molecule is Cc1ccc(CNC(=O)CSc2nnc(NC(=O)C=Cc3ccccc3)s2)cc1. The third-order valence-corrected chi connectivity index (χ3v) is 5.77. The van der Waals surface area contributed by atoms with Gasteiger partial charge in [0, 0.05) is 12.6 Å². The summed E-state index contributed by atoms with van der Waals surface area (Å²) in [5.41, 5.74) is 3.18. The van der Waals surface area contributed by atoms with Crippen LogP contribution in [-0.2, 0) is 16.1 Å². The molecule has 0 bridgehead atoms. The highest BCUT2D eigenvalue weighted by atomic mass is 32.2. The molecular formula is C21H20N4O2S2. The zero-order chi connectivity index (χ0) is 20.5.